The highest BCUT2D eigenvalue weighted by molar-refractivity contribution is 5.84. The van der Waals surface area contributed by atoms with E-state index >= 15 is 0 Å². The van der Waals surface area contributed by atoms with Gasteiger partial charge in [0.25, 0.3) is 0 Å². The average Bonchev–Trinajstić information content (AvgIpc) is 2.66. The van der Waals surface area contributed by atoms with E-state index in [0.29, 0.717) is 6.61 Å². The number of amides is 1. The van der Waals surface area contributed by atoms with Crippen LogP contribution in [0.1, 0.15) is 24.5 Å². The Labute approximate surface area is 148 Å². The molecule has 1 aliphatic heterocycles. The molecule has 1 atom stereocenters. The van der Waals surface area contributed by atoms with Crippen LogP contribution in [0.2, 0.25) is 0 Å². The zero-order valence-electron chi connectivity index (χ0n) is 14.6. The van der Waals surface area contributed by atoms with Crippen molar-refractivity contribution in [2.75, 3.05) is 33.4 Å². The fraction of sp³-hybridized carbons (Fsp3) is 0.450. The number of aliphatic hydroxyl groups excluding tert-OH is 1. The van der Waals surface area contributed by atoms with Gasteiger partial charge in [-0.05, 0) is 48.3 Å². The summed E-state index contributed by atoms with van der Waals surface area (Å²) in [5, 5.41) is 18.9. The normalized spacial score (nSPS) is 18.0. The molecule has 2 aromatic carbocycles. The van der Waals surface area contributed by atoms with Crippen molar-refractivity contribution in [2.24, 2.45) is 5.41 Å². The molecule has 5 nitrogen and oxygen atoms in total. The van der Waals surface area contributed by atoms with Gasteiger partial charge in [0.05, 0.1) is 18.1 Å². The first kappa shape index (κ1) is 17.9. The Morgan fingerprint density at radius 2 is 1.96 bits per heavy atom. The molecule has 2 aromatic rings. The second-order valence-electron chi connectivity index (χ2n) is 6.80. The van der Waals surface area contributed by atoms with Gasteiger partial charge in [-0.25, -0.2) is 0 Å². The second-order valence-corrected chi connectivity index (χ2v) is 6.80. The van der Waals surface area contributed by atoms with Crippen molar-refractivity contribution in [3.8, 4) is 0 Å². The quantitative estimate of drug-likeness (QED) is 0.751. The van der Waals surface area contributed by atoms with Gasteiger partial charge in [-0.1, -0.05) is 36.4 Å². The molecule has 1 heterocycles. The van der Waals surface area contributed by atoms with Crippen LogP contribution in [0.4, 0.5) is 0 Å². The minimum absolute atomic E-state index is 0.0318. The number of ether oxygens (including phenoxy) is 1. The Morgan fingerprint density at radius 1 is 1.24 bits per heavy atom. The van der Waals surface area contributed by atoms with Crippen molar-refractivity contribution in [1.29, 1.82) is 0 Å². The van der Waals surface area contributed by atoms with Crippen molar-refractivity contribution < 1.29 is 14.6 Å². The summed E-state index contributed by atoms with van der Waals surface area (Å²) in [6.45, 7) is 2.23. The van der Waals surface area contributed by atoms with Crippen molar-refractivity contribution in [3.05, 3.63) is 48.0 Å². The van der Waals surface area contributed by atoms with E-state index in [2.05, 4.69) is 10.6 Å². The number of carbonyl (C=O) groups excluding carboxylic acids is 1. The Kier molecular flexibility index (Phi) is 5.68. The number of hydrogen-bond donors (Lipinski definition) is 3. The number of benzene rings is 2. The summed E-state index contributed by atoms with van der Waals surface area (Å²) in [6.07, 6.45) is 0.771. The lowest BCUT2D eigenvalue weighted by Crippen LogP contribution is -2.50. The first-order chi connectivity index (χ1) is 12.1. The third kappa shape index (κ3) is 4.00. The van der Waals surface area contributed by atoms with Crippen LogP contribution >= 0.6 is 0 Å². The molecule has 5 heteroatoms. The number of aliphatic hydroxyl groups is 1. The molecular formula is C20H26N2O3. The number of fused-ring (bicyclic) bond motifs is 1. The summed E-state index contributed by atoms with van der Waals surface area (Å²) in [4.78, 5) is 12.7. The molecule has 25 heavy (non-hydrogen) atoms. The van der Waals surface area contributed by atoms with Gasteiger partial charge in [0.1, 0.15) is 0 Å². The Hall–Kier alpha value is -1.95. The number of rotatable bonds is 6. The monoisotopic (exact) mass is 342 g/mol. The zero-order valence-corrected chi connectivity index (χ0v) is 14.6. The van der Waals surface area contributed by atoms with Crippen LogP contribution < -0.4 is 10.6 Å². The molecule has 1 aliphatic rings. The molecule has 1 fully saturated rings. The molecule has 1 unspecified atom stereocenters. The highest BCUT2D eigenvalue weighted by atomic mass is 16.5. The van der Waals surface area contributed by atoms with E-state index in [0.717, 1.165) is 42.3 Å². The van der Waals surface area contributed by atoms with E-state index in [1.165, 1.54) is 0 Å². The molecule has 0 spiro atoms. The number of carbonyl (C=O) groups is 1. The molecule has 0 aromatic heterocycles. The van der Waals surface area contributed by atoms with Gasteiger partial charge in [0.15, 0.2) is 0 Å². The summed E-state index contributed by atoms with van der Waals surface area (Å²) >= 11 is 0. The van der Waals surface area contributed by atoms with Gasteiger partial charge in [0, 0.05) is 13.7 Å². The maximum atomic E-state index is 12.7. The van der Waals surface area contributed by atoms with Crippen LogP contribution in [0.25, 0.3) is 10.8 Å². The summed E-state index contributed by atoms with van der Waals surface area (Å²) in [5.41, 5.74) is 0.313. The first-order valence-electron chi connectivity index (χ1n) is 8.79. The van der Waals surface area contributed by atoms with E-state index in [-0.39, 0.29) is 12.5 Å². The van der Waals surface area contributed by atoms with Crippen molar-refractivity contribution in [2.45, 2.75) is 18.9 Å². The molecule has 3 N–H and O–H groups in total. The van der Waals surface area contributed by atoms with Crippen LogP contribution in [0, 0.1) is 5.41 Å². The van der Waals surface area contributed by atoms with E-state index in [9.17, 15) is 9.90 Å². The zero-order chi connectivity index (χ0) is 17.7. The molecule has 0 aliphatic carbocycles. The van der Waals surface area contributed by atoms with E-state index in [1.54, 1.807) is 7.11 Å². The van der Waals surface area contributed by atoms with Crippen molar-refractivity contribution in [1.82, 2.24) is 10.6 Å². The van der Waals surface area contributed by atoms with Crippen molar-refractivity contribution in [3.63, 3.8) is 0 Å². The predicted molar refractivity (Wildman–Crippen MR) is 98.3 cm³/mol. The minimum Gasteiger partial charge on any atom is -0.387 e. The lowest BCUT2D eigenvalue weighted by Gasteiger charge is -2.35. The Balaban J connectivity index is 1.65. The summed E-state index contributed by atoms with van der Waals surface area (Å²) < 4.78 is 5.29. The smallest absolute Gasteiger partial charge is 0.228 e. The van der Waals surface area contributed by atoms with Gasteiger partial charge in [0.2, 0.25) is 5.91 Å². The summed E-state index contributed by atoms with van der Waals surface area (Å²) in [7, 11) is 1.63. The molecule has 0 radical (unpaired) electrons. The maximum absolute atomic E-state index is 12.7. The SMILES string of the molecule is COCC1(C(=O)NCC(O)c2ccc3ccccc3c2)CCNCC1. The number of nitrogens with one attached hydrogen (secondary N) is 2. The van der Waals surface area contributed by atoms with Crippen LogP contribution in [-0.2, 0) is 9.53 Å². The standard InChI is InChI=1S/C20H26N2O3/c1-25-14-20(8-10-21-11-9-20)19(24)22-13-18(23)17-7-6-15-4-2-3-5-16(15)12-17/h2-7,12,18,21,23H,8-11,13-14H2,1H3,(H,22,24). The maximum Gasteiger partial charge on any atom is 0.228 e. The fourth-order valence-electron chi connectivity index (χ4n) is 3.53. The molecule has 0 saturated carbocycles. The molecule has 3 rings (SSSR count). The molecular weight excluding hydrogens is 316 g/mol. The Morgan fingerprint density at radius 3 is 2.68 bits per heavy atom. The van der Waals surface area contributed by atoms with E-state index in [1.807, 2.05) is 42.5 Å². The van der Waals surface area contributed by atoms with Gasteiger partial charge < -0.3 is 20.5 Å². The minimum atomic E-state index is -0.727. The molecule has 1 saturated heterocycles. The van der Waals surface area contributed by atoms with Crippen LogP contribution in [0.15, 0.2) is 42.5 Å². The largest absolute Gasteiger partial charge is 0.387 e. The van der Waals surface area contributed by atoms with Crippen LogP contribution in [-0.4, -0.2) is 44.4 Å². The molecule has 1 amide bonds. The molecule has 134 valence electrons. The van der Waals surface area contributed by atoms with Gasteiger partial charge in [-0.2, -0.15) is 0 Å². The number of piperidine rings is 1. The van der Waals surface area contributed by atoms with Gasteiger partial charge in [-0.3, -0.25) is 4.79 Å². The van der Waals surface area contributed by atoms with Gasteiger partial charge in [-0.15, -0.1) is 0 Å². The summed E-state index contributed by atoms with van der Waals surface area (Å²) in [6, 6.07) is 13.9. The highest BCUT2D eigenvalue weighted by Gasteiger charge is 2.39. The Bertz CT molecular complexity index is 720. The topological polar surface area (TPSA) is 70.6 Å². The van der Waals surface area contributed by atoms with Crippen LogP contribution in [0.3, 0.4) is 0 Å². The average molecular weight is 342 g/mol. The number of methoxy groups -OCH3 is 1. The third-order valence-corrected chi connectivity index (χ3v) is 5.08. The fourth-order valence-corrected chi connectivity index (χ4v) is 3.53. The first-order valence-corrected chi connectivity index (χ1v) is 8.79. The molecule has 0 bridgehead atoms. The predicted octanol–water partition coefficient (Wildman–Crippen LogP) is 2.01. The van der Waals surface area contributed by atoms with E-state index < -0.39 is 11.5 Å². The lowest BCUT2D eigenvalue weighted by molar-refractivity contribution is -0.136. The highest BCUT2D eigenvalue weighted by Crippen LogP contribution is 2.29. The third-order valence-electron chi connectivity index (χ3n) is 5.08. The lowest BCUT2D eigenvalue weighted by atomic mass is 9.78. The van der Waals surface area contributed by atoms with Crippen molar-refractivity contribution >= 4 is 16.7 Å². The van der Waals surface area contributed by atoms with Gasteiger partial charge >= 0.3 is 0 Å². The second kappa shape index (κ2) is 7.95. The van der Waals surface area contributed by atoms with Crippen LogP contribution in [0.5, 0.6) is 0 Å². The summed E-state index contributed by atoms with van der Waals surface area (Å²) in [5.74, 6) is -0.0318. The van der Waals surface area contributed by atoms with E-state index in [4.69, 9.17) is 4.74 Å². The number of hydrogen-bond acceptors (Lipinski definition) is 4.